The number of nitrogens with one attached hydrogen (secondary N) is 1. The number of oxazole rings is 1. The van der Waals surface area contributed by atoms with Crippen LogP contribution in [0.4, 0.5) is 8.78 Å². The number of nitrogens with zero attached hydrogens (tertiary/aromatic N) is 2. The van der Waals surface area contributed by atoms with E-state index in [1.807, 2.05) is 18.0 Å². The average molecular weight is 416 g/mol. The number of benzene rings is 2. The Labute approximate surface area is 167 Å². The number of aromatic amines is 1. The third kappa shape index (κ3) is 3.50. The van der Waals surface area contributed by atoms with Crippen molar-refractivity contribution in [3.8, 4) is 28.6 Å². The Hall–Kier alpha value is -3.52. The van der Waals surface area contributed by atoms with Gasteiger partial charge < -0.3 is 4.42 Å². The molecule has 0 unspecified atom stereocenters. The van der Waals surface area contributed by atoms with Crippen molar-refractivity contribution in [3.63, 3.8) is 0 Å². The highest BCUT2D eigenvalue weighted by Gasteiger charge is 2.21. The molecule has 0 amide bonds. The summed E-state index contributed by atoms with van der Waals surface area (Å²) in [6.07, 6.45) is 0.703. The van der Waals surface area contributed by atoms with Crippen LogP contribution in [0.15, 0.2) is 62.7 Å². The first kappa shape index (κ1) is 18.8. The molecule has 0 aliphatic rings. The first-order chi connectivity index (χ1) is 13.8. The first-order valence-corrected chi connectivity index (χ1v) is 8.76. The van der Waals surface area contributed by atoms with Crippen LogP contribution in [0.2, 0.25) is 5.02 Å². The molecule has 4 rings (SSSR count). The SMILES string of the molecule is Cc1cccc(-c2nc(-n3cc(F)c(=O)[nH]c3=O)c(-c3ccc(Cl)c(F)c3)o2)c1. The van der Waals surface area contributed by atoms with Crippen LogP contribution in [-0.2, 0) is 0 Å². The second-order valence-corrected chi connectivity index (χ2v) is 6.68. The highest BCUT2D eigenvalue weighted by molar-refractivity contribution is 6.30. The zero-order chi connectivity index (χ0) is 20.7. The van der Waals surface area contributed by atoms with Crippen molar-refractivity contribution < 1.29 is 13.2 Å². The number of hydrogen-bond donors (Lipinski definition) is 1. The van der Waals surface area contributed by atoms with Gasteiger partial charge in [0, 0.05) is 11.1 Å². The Bertz CT molecular complexity index is 1360. The van der Waals surface area contributed by atoms with Crippen LogP contribution < -0.4 is 11.2 Å². The van der Waals surface area contributed by atoms with E-state index in [1.54, 1.807) is 18.2 Å². The molecule has 0 saturated carbocycles. The standard InChI is InChI=1S/C20H12ClF2N3O3/c1-10-3-2-4-12(7-10)19-24-17(26-9-15(23)18(27)25-20(26)28)16(29-19)11-5-6-13(21)14(22)8-11/h2-9H,1H3,(H,25,27,28). The second kappa shape index (κ2) is 7.14. The van der Waals surface area contributed by atoms with Crippen LogP contribution in [0.25, 0.3) is 28.6 Å². The minimum atomic E-state index is -1.18. The summed E-state index contributed by atoms with van der Waals surface area (Å²) in [6, 6.07) is 11.1. The van der Waals surface area contributed by atoms with E-state index in [9.17, 15) is 18.4 Å². The Morgan fingerprint density at radius 2 is 1.86 bits per heavy atom. The highest BCUT2D eigenvalue weighted by Crippen LogP contribution is 2.33. The zero-order valence-electron chi connectivity index (χ0n) is 14.9. The van der Waals surface area contributed by atoms with Gasteiger partial charge in [0.2, 0.25) is 11.7 Å². The number of H-pyrrole nitrogens is 1. The zero-order valence-corrected chi connectivity index (χ0v) is 15.6. The molecule has 2 aromatic heterocycles. The molecule has 0 atom stereocenters. The smallest absolute Gasteiger partial charge is 0.334 e. The van der Waals surface area contributed by atoms with E-state index < -0.39 is 22.9 Å². The van der Waals surface area contributed by atoms with Gasteiger partial charge in [0.25, 0.3) is 5.56 Å². The lowest BCUT2D eigenvalue weighted by molar-refractivity contribution is 0.579. The van der Waals surface area contributed by atoms with E-state index in [-0.39, 0.29) is 28.1 Å². The Morgan fingerprint density at radius 1 is 1.07 bits per heavy atom. The largest absolute Gasteiger partial charge is 0.434 e. The number of hydrogen-bond acceptors (Lipinski definition) is 4. The van der Waals surface area contributed by atoms with Gasteiger partial charge in [-0.25, -0.2) is 13.8 Å². The summed E-state index contributed by atoms with van der Waals surface area (Å²) < 4.78 is 34.5. The maximum Gasteiger partial charge on any atom is 0.334 e. The molecule has 0 fully saturated rings. The number of aromatic nitrogens is 3. The number of rotatable bonds is 3. The van der Waals surface area contributed by atoms with Crippen molar-refractivity contribution in [2.24, 2.45) is 0 Å². The van der Waals surface area contributed by atoms with Gasteiger partial charge in [0.15, 0.2) is 11.6 Å². The monoisotopic (exact) mass is 415 g/mol. The third-order valence-corrected chi connectivity index (χ3v) is 4.49. The summed E-state index contributed by atoms with van der Waals surface area (Å²) in [5.41, 5.74) is -0.311. The molecule has 29 heavy (non-hydrogen) atoms. The molecule has 0 bridgehead atoms. The van der Waals surface area contributed by atoms with Crippen molar-refractivity contribution in [1.82, 2.24) is 14.5 Å². The van der Waals surface area contributed by atoms with Crippen molar-refractivity contribution in [1.29, 1.82) is 0 Å². The first-order valence-electron chi connectivity index (χ1n) is 8.38. The van der Waals surface area contributed by atoms with E-state index >= 15 is 0 Å². The molecule has 0 saturated heterocycles. The van der Waals surface area contributed by atoms with Crippen molar-refractivity contribution in [2.75, 3.05) is 0 Å². The summed E-state index contributed by atoms with van der Waals surface area (Å²) in [5.74, 6) is -1.86. The number of halogens is 3. The van der Waals surface area contributed by atoms with Crippen LogP contribution >= 0.6 is 11.6 Å². The van der Waals surface area contributed by atoms with Crippen molar-refractivity contribution in [3.05, 3.63) is 91.7 Å². The molecule has 1 N–H and O–H groups in total. The minimum Gasteiger partial charge on any atom is -0.434 e. The predicted molar refractivity (Wildman–Crippen MR) is 103 cm³/mol. The van der Waals surface area contributed by atoms with E-state index in [1.165, 1.54) is 12.1 Å². The van der Waals surface area contributed by atoms with Gasteiger partial charge in [-0.05, 0) is 37.3 Å². The molecule has 2 aromatic carbocycles. The summed E-state index contributed by atoms with van der Waals surface area (Å²) in [4.78, 5) is 29.8. The Balaban J connectivity index is 2.00. The van der Waals surface area contributed by atoms with Gasteiger partial charge in [-0.1, -0.05) is 29.3 Å². The van der Waals surface area contributed by atoms with Gasteiger partial charge in [-0.3, -0.25) is 9.78 Å². The van der Waals surface area contributed by atoms with Gasteiger partial charge in [-0.2, -0.15) is 9.37 Å². The lowest BCUT2D eigenvalue weighted by Crippen LogP contribution is -2.30. The molecular formula is C20H12ClF2N3O3. The van der Waals surface area contributed by atoms with Gasteiger partial charge in [0.05, 0.1) is 11.2 Å². The summed E-state index contributed by atoms with van der Waals surface area (Å²) in [5, 5.41) is -0.0963. The maximum atomic E-state index is 14.0. The normalized spacial score (nSPS) is 11.0. The fraction of sp³-hybridized carbons (Fsp3) is 0.0500. The van der Waals surface area contributed by atoms with Crippen LogP contribution in [0, 0.1) is 18.6 Å². The maximum absolute atomic E-state index is 14.0. The van der Waals surface area contributed by atoms with E-state index in [0.717, 1.165) is 16.2 Å². The Kier molecular flexibility index (Phi) is 4.63. The minimum absolute atomic E-state index is 0.00521. The van der Waals surface area contributed by atoms with Crippen molar-refractivity contribution in [2.45, 2.75) is 6.92 Å². The fourth-order valence-electron chi connectivity index (χ4n) is 2.81. The summed E-state index contributed by atoms with van der Waals surface area (Å²) >= 11 is 5.74. The molecule has 2 heterocycles. The van der Waals surface area contributed by atoms with Crippen LogP contribution in [0.1, 0.15) is 5.56 Å². The van der Waals surface area contributed by atoms with E-state index in [4.69, 9.17) is 16.0 Å². The van der Waals surface area contributed by atoms with Crippen LogP contribution in [-0.4, -0.2) is 14.5 Å². The van der Waals surface area contributed by atoms with Crippen molar-refractivity contribution >= 4 is 11.6 Å². The number of aryl methyl sites for hydroxylation is 1. The predicted octanol–water partition coefficient (Wildman–Crippen LogP) is 4.09. The Morgan fingerprint density at radius 3 is 2.59 bits per heavy atom. The molecule has 6 nitrogen and oxygen atoms in total. The lowest BCUT2D eigenvalue weighted by Gasteiger charge is -2.04. The van der Waals surface area contributed by atoms with Gasteiger partial charge >= 0.3 is 5.69 Å². The topological polar surface area (TPSA) is 80.9 Å². The van der Waals surface area contributed by atoms with Crippen LogP contribution in [0.5, 0.6) is 0 Å². The molecule has 0 aliphatic heterocycles. The van der Waals surface area contributed by atoms with Gasteiger partial charge in [0.1, 0.15) is 5.82 Å². The van der Waals surface area contributed by atoms with E-state index in [0.29, 0.717) is 11.8 Å². The lowest BCUT2D eigenvalue weighted by atomic mass is 10.1. The molecule has 0 aliphatic carbocycles. The molecule has 4 aromatic rings. The highest BCUT2D eigenvalue weighted by atomic mass is 35.5. The summed E-state index contributed by atoms with van der Waals surface area (Å²) in [6.45, 7) is 1.88. The summed E-state index contributed by atoms with van der Waals surface area (Å²) in [7, 11) is 0. The fourth-order valence-corrected chi connectivity index (χ4v) is 2.92. The van der Waals surface area contributed by atoms with E-state index in [2.05, 4.69) is 4.98 Å². The van der Waals surface area contributed by atoms with Crippen LogP contribution in [0.3, 0.4) is 0 Å². The third-order valence-electron chi connectivity index (χ3n) is 4.18. The second-order valence-electron chi connectivity index (χ2n) is 6.28. The molecule has 0 radical (unpaired) electrons. The average Bonchev–Trinajstić information content (AvgIpc) is 3.12. The molecule has 146 valence electrons. The quantitative estimate of drug-likeness (QED) is 0.546. The molecule has 0 spiro atoms. The van der Waals surface area contributed by atoms with Gasteiger partial charge in [-0.15, -0.1) is 0 Å². The molecule has 9 heteroatoms. The molecular weight excluding hydrogens is 404 g/mol.